The molecule has 2 rings (SSSR count). The molecular weight excluding hydrogens is 494 g/mol. The van der Waals surface area contributed by atoms with Gasteiger partial charge in [0, 0.05) is 12.3 Å². The van der Waals surface area contributed by atoms with Crippen LogP contribution in [0.5, 0.6) is 0 Å². The highest BCUT2D eigenvalue weighted by molar-refractivity contribution is 7.59. The van der Waals surface area contributed by atoms with Crippen molar-refractivity contribution in [3.8, 4) is 0 Å². The third-order valence-corrected chi connectivity index (χ3v) is 5.92. The number of H-pyrrole nitrogens is 1. The van der Waals surface area contributed by atoms with Crippen molar-refractivity contribution < 1.29 is 57.2 Å². The number of quaternary nitrogens is 2. The number of hydrogen-bond donors (Lipinski definition) is 6. The molecule has 194 valence electrons. The Kier molecular flexibility index (Phi) is 11.9. The Balaban J connectivity index is 0.00000111. The highest BCUT2D eigenvalue weighted by atomic mass is 31.3. The van der Waals surface area contributed by atoms with E-state index in [2.05, 4.69) is 30.0 Å². The summed E-state index contributed by atoms with van der Waals surface area (Å²) in [5, 5.41) is 28.1. The molecular formula is C14H30N4O13P2. The molecule has 17 nitrogen and oxygen atoms in total. The van der Waals surface area contributed by atoms with E-state index in [4.69, 9.17) is 14.7 Å². The van der Waals surface area contributed by atoms with E-state index < -0.39 is 58.0 Å². The maximum absolute atomic E-state index is 11.7. The number of aromatic amines is 1. The normalized spacial score (nSPS) is 26.3. The summed E-state index contributed by atoms with van der Waals surface area (Å²) in [6, 6.07) is 0.945. The second-order valence-corrected chi connectivity index (χ2v) is 10.3. The van der Waals surface area contributed by atoms with Crippen molar-refractivity contribution >= 4 is 15.6 Å². The first-order chi connectivity index (χ1) is 14.5. The minimum atomic E-state index is -5.63. The van der Waals surface area contributed by atoms with Gasteiger partial charge in [0.15, 0.2) is 6.23 Å². The number of hydrogen-bond acceptors (Lipinski definition) is 12. The lowest BCUT2D eigenvalue weighted by Crippen LogP contribution is -2.37. The van der Waals surface area contributed by atoms with Gasteiger partial charge in [0.25, 0.3) is 21.2 Å². The number of phosphoric acid groups is 2. The second-order valence-electron chi connectivity index (χ2n) is 7.59. The molecule has 19 heteroatoms. The summed E-state index contributed by atoms with van der Waals surface area (Å²) >= 11 is 0. The molecule has 0 radical (unpaired) electrons. The molecule has 0 spiro atoms. The number of ether oxygens (including phenoxy) is 1. The van der Waals surface area contributed by atoms with E-state index in [1.54, 1.807) is 0 Å². The fourth-order valence-electron chi connectivity index (χ4n) is 2.34. The van der Waals surface area contributed by atoms with E-state index in [9.17, 15) is 38.7 Å². The lowest BCUT2D eigenvalue weighted by Gasteiger charge is -2.28. The highest BCUT2D eigenvalue weighted by Gasteiger charge is 2.44. The average molecular weight is 524 g/mol. The number of aliphatic hydroxyl groups is 3. The van der Waals surface area contributed by atoms with Crippen LogP contribution in [0.3, 0.4) is 0 Å². The smallest absolute Gasteiger partial charge is 0.330 e. The van der Waals surface area contributed by atoms with Crippen LogP contribution in [0.4, 0.5) is 0 Å². The fraction of sp³-hybridized carbons (Fsp3) is 0.714. The van der Waals surface area contributed by atoms with Gasteiger partial charge in [0.05, 0.1) is 34.4 Å². The van der Waals surface area contributed by atoms with Gasteiger partial charge in [-0.3, -0.25) is 23.5 Å². The molecule has 2 heterocycles. The van der Waals surface area contributed by atoms with Crippen LogP contribution < -0.4 is 27.2 Å². The van der Waals surface area contributed by atoms with Gasteiger partial charge in [0.2, 0.25) is 0 Å². The predicted octanol–water partition coefficient (Wildman–Crippen LogP) is -3.82. The van der Waals surface area contributed by atoms with E-state index in [0.29, 0.717) is 0 Å². The highest BCUT2D eigenvalue weighted by Crippen LogP contribution is 2.52. The molecule has 1 aromatic rings. The summed E-state index contributed by atoms with van der Waals surface area (Å²) in [5.74, 6) is 0. The number of aromatic nitrogens is 2. The van der Waals surface area contributed by atoms with Crippen molar-refractivity contribution in [2.24, 2.45) is 0 Å². The van der Waals surface area contributed by atoms with E-state index in [1.807, 2.05) is 4.98 Å². The Bertz CT molecular complexity index is 955. The van der Waals surface area contributed by atoms with Crippen molar-refractivity contribution in [2.45, 2.75) is 24.5 Å². The third kappa shape index (κ3) is 11.1. The van der Waals surface area contributed by atoms with Crippen molar-refractivity contribution in [1.82, 2.24) is 15.7 Å². The molecule has 0 amide bonds. The quantitative estimate of drug-likeness (QED) is 0.141. The first kappa shape index (κ1) is 31.7. The number of nitrogens with one attached hydrogen (secondary N) is 1. The van der Waals surface area contributed by atoms with Crippen LogP contribution in [0.1, 0.15) is 6.23 Å². The van der Waals surface area contributed by atoms with Crippen molar-refractivity contribution in [3.63, 3.8) is 0 Å². The molecule has 0 aliphatic carbocycles. The van der Waals surface area contributed by atoms with Gasteiger partial charge in [-0.05, 0) is 0 Å². The van der Waals surface area contributed by atoms with E-state index in [1.165, 1.54) is 0 Å². The standard InChI is InChI=1S/C9H14N2O12P2.C5H14NO.H3N/c12-5-1-2-11(9(15)10-5)8-7(14)6(13)4(22-8)3-21-25(19,20)23-24(16,17)18;1-6(2,3)4-5-7;/h1-2,4,6-8,13-14H,3H2,(H,19,20)(H,10,12,15)(H2,16,17,18);7H,4-5H2,1-3H3;1H3/q;+1;/p-1/t4-,6-,7-,8-;;/m1../s1. The van der Waals surface area contributed by atoms with Crippen LogP contribution >= 0.6 is 15.6 Å². The van der Waals surface area contributed by atoms with Crippen LogP contribution in [-0.2, 0) is 22.7 Å². The molecule has 2 unspecified atom stereocenters. The number of likely N-dealkylation sites (N-methyl/N-ethyl adjacent to an activating group) is 1. The maximum Gasteiger partial charge on any atom is 0.330 e. The fourth-order valence-corrected chi connectivity index (χ4v) is 3.87. The van der Waals surface area contributed by atoms with Gasteiger partial charge < -0.3 is 49.9 Å². The molecule has 0 saturated carbocycles. The molecule has 1 saturated heterocycles. The Hall–Kier alpha value is -1.30. The van der Waals surface area contributed by atoms with Crippen LogP contribution in [0.25, 0.3) is 0 Å². The topological polar surface area (TPSA) is 280 Å². The molecule has 6 atom stereocenters. The number of rotatable bonds is 8. The average Bonchev–Trinajstić information content (AvgIpc) is 2.86. The molecule has 1 aliphatic rings. The van der Waals surface area contributed by atoms with Crippen LogP contribution in [-0.4, -0.2) is 93.5 Å². The zero-order valence-electron chi connectivity index (χ0n) is 18.3. The van der Waals surface area contributed by atoms with Crippen molar-refractivity contribution in [3.05, 3.63) is 33.1 Å². The molecule has 9 N–H and O–H groups in total. The minimum absolute atomic E-state index is 0. The summed E-state index contributed by atoms with van der Waals surface area (Å²) in [6.07, 6.45) is -5.44. The number of nitrogens with zero attached hydrogens (tertiary/aromatic N) is 2. The third-order valence-electron chi connectivity index (χ3n) is 3.83. The van der Waals surface area contributed by atoms with Gasteiger partial charge in [-0.1, -0.05) is 0 Å². The monoisotopic (exact) mass is 524 g/mol. The summed E-state index contributed by atoms with van der Waals surface area (Å²) < 4.78 is 35.7. The molecule has 0 aromatic carbocycles. The van der Waals surface area contributed by atoms with Crippen molar-refractivity contribution in [2.75, 3.05) is 40.9 Å². The lowest BCUT2D eigenvalue weighted by atomic mass is 10.1. The summed E-state index contributed by atoms with van der Waals surface area (Å²) in [7, 11) is -4.96. The Labute approximate surface area is 187 Å². The summed E-state index contributed by atoms with van der Waals surface area (Å²) in [5.41, 5.74) is -1.68. The Morgan fingerprint density at radius 1 is 1.21 bits per heavy atom. The van der Waals surface area contributed by atoms with Gasteiger partial charge in [0.1, 0.15) is 24.9 Å². The number of phosphoric ester groups is 1. The predicted molar refractivity (Wildman–Crippen MR) is 108 cm³/mol. The second kappa shape index (κ2) is 12.4. The zero-order valence-corrected chi connectivity index (χ0v) is 20.1. The van der Waals surface area contributed by atoms with Gasteiger partial charge in [-0.15, -0.1) is 0 Å². The zero-order chi connectivity index (χ0) is 24.9. The SMILES string of the molecule is C[N+](C)(C)CCO.O=c1ccn([C@@H]2O[C@H](COP(=O)([O-])OP(=O)([O-])O)[C@@H](O)[C@H]2O)c(=O)[nH]1.[NH4+]. The largest absolute Gasteiger partial charge is 0.756 e. The lowest BCUT2D eigenvalue weighted by molar-refractivity contribution is -0.870. The molecule has 33 heavy (non-hydrogen) atoms. The number of aliphatic hydroxyl groups excluding tert-OH is 3. The van der Waals surface area contributed by atoms with E-state index in [-0.39, 0.29) is 12.8 Å². The van der Waals surface area contributed by atoms with Gasteiger partial charge in [-0.25, -0.2) is 9.11 Å². The molecule has 0 bridgehead atoms. The first-order valence-corrected chi connectivity index (χ1v) is 11.9. The van der Waals surface area contributed by atoms with E-state index >= 15 is 0 Å². The maximum atomic E-state index is 11.7. The molecule has 1 aromatic heterocycles. The summed E-state index contributed by atoms with van der Waals surface area (Å²) in [6.45, 7) is 0.122. The van der Waals surface area contributed by atoms with Gasteiger partial charge in [-0.2, -0.15) is 0 Å². The van der Waals surface area contributed by atoms with Gasteiger partial charge >= 0.3 is 5.69 Å². The Morgan fingerprint density at radius 3 is 2.21 bits per heavy atom. The minimum Gasteiger partial charge on any atom is -0.756 e. The first-order valence-electron chi connectivity index (χ1n) is 8.91. The molecule has 1 aliphatic heterocycles. The van der Waals surface area contributed by atoms with Crippen LogP contribution in [0, 0.1) is 0 Å². The van der Waals surface area contributed by atoms with Crippen LogP contribution in [0.15, 0.2) is 21.9 Å². The Morgan fingerprint density at radius 2 is 1.79 bits per heavy atom. The van der Waals surface area contributed by atoms with Crippen LogP contribution in [0.2, 0.25) is 0 Å². The molecule has 1 fully saturated rings. The summed E-state index contributed by atoms with van der Waals surface area (Å²) in [4.78, 5) is 54.4. The van der Waals surface area contributed by atoms with E-state index in [0.717, 1.165) is 27.9 Å². The van der Waals surface area contributed by atoms with Crippen molar-refractivity contribution in [1.29, 1.82) is 0 Å².